The smallest absolute Gasteiger partial charge is 0.293 e. The largest absolute Gasteiger partial charge is 0.463 e. The van der Waals surface area contributed by atoms with Gasteiger partial charge in [0.05, 0.1) is 10.8 Å². The third-order valence-electron chi connectivity index (χ3n) is 5.46. The second-order valence-electron chi connectivity index (χ2n) is 6.47. The molecule has 5 atom stereocenters. The maximum Gasteiger partial charge on any atom is 0.293 e. The monoisotopic (exact) mass is 266 g/mol. The Morgan fingerprint density at radius 1 is 1.16 bits per heavy atom. The van der Waals surface area contributed by atoms with Crippen molar-refractivity contribution in [2.24, 2.45) is 34.1 Å². The molecule has 4 aliphatic rings. The van der Waals surface area contributed by atoms with Crippen LogP contribution in [-0.4, -0.2) is 24.4 Å². The van der Waals surface area contributed by atoms with Gasteiger partial charge in [0.1, 0.15) is 6.10 Å². The van der Waals surface area contributed by atoms with Gasteiger partial charge in [-0.1, -0.05) is 0 Å². The summed E-state index contributed by atoms with van der Waals surface area (Å²) in [6.45, 7) is 0.383. The van der Waals surface area contributed by atoms with Crippen molar-refractivity contribution in [1.82, 2.24) is 0 Å². The van der Waals surface area contributed by atoms with E-state index in [9.17, 15) is 14.4 Å². The normalized spacial score (nSPS) is 46.8. The van der Waals surface area contributed by atoms with Crippen molar-refractivity contribution in [3.8, 4) is 0 Å². The molecule has 0 heterocycles. The summed E-state index contributed by atoms with van der Waals surface area (Å²) in [5.41, 5.74) is 9.61. The second kappa shape index (κ2) is 3.71. The standard InChI is InChI=1S/C13H18N2O4/c14-10(17)12-2-7-1-8(4-12)9(19-6-16)13(3-7,5-12)11(15)18/h6-9H,1-5H2,(H2,14,17)(H2,15,18). The highest BCUT2D eigenvalue weighted by Gasteiger charge is 2.67. The zero-order valence-corrected chi connectivity index (χ0v) is 10.6. The first-order chi connectivity index (χ1) is 8.93. The van der Waals surface area contributed by atoms with E-state index < -0.39 is 22.8 Å². The van der Waals surface area contributed by atoms with E-state index in [4.69, 9.17) is 16.2 Å². The van der Waals surface area contributed by atoms with Crippen LogP contribution < -0.4 is 11.5 Å². The van der Waals surface area contributed by atoms with E-state index in [2.05, 4.69) is 0 Å². The summed E-state index contributed by atoms with van der Waals surface area (Å²) in [6, 6.07) is 0. The molecule has 0 aromatic rings. The van der Waals surface area contributed by atoms with Crippen LogP contribution in [0, 0.1) is 22.7 Å². The number of primary amides is 2. The van der Waals surface area contributed by atoms with Crippen LogP contribution >= 0.6 is 0 Å². The molecule has 4 saturated carbocycles. The number of ether oxygens (including phenoxy) is 1. The zero-order valence-electron chi connectivity index (χ0n) is 10.6. The van der Waals surface area contributed by atoms with Gasteiger partial charge in [-0.3, -0.25) is 14.4 Å². The van der Waals surface area contributed by atoms with Crippen molar-refractivity contribution >= 4 is 18.3 Å². The topological polar surface area (TPSA) is 112 Å². The lowest BCUT2D eigenvalue weighted by atomic mass is 9.42. The maximum atomic E-state index is 12.0. The predicted octanol–water partition coefficient (Wildman–Crippen LogP) is -0.305. The highest BCUT2D eigenvalue weighted by Crippen LogP contribution is 2.65. The average molecular weight is 266 g/mol. The van der Waals surface area contributed by atoms with Gasteiger partial charge >= 0.3 is 0 Å². The molecule has 19 heavy (non-hydrogen) atoms. The van der Waals surface area contributed by atoms with Crippen molar-refractivity contribution < 1.29 is 19.1 Å². The minimum Gasteiger partial charge on any atom is -0.463 e. The molecule has 4 N–H and O–H groups in total. The molecule has 0 aliphatic heterocycles. The zero-order chi connectivity index (χ0) is 13.8. The number of rotatable bonds is 4. The van der Waals surface area contributed by atoms with Crippen LogP contribution in [0.15, 0.2) is 0 Å². The second-order valence-corrected chi connectivity index (χ2v) is 6.47. The van der Waals surface area contributed by atoms with Gasteiger partial charge in [-0.05, 0) is 43.9 Å². The summed E-state index contributed by atoms with van der Waals surface area (Å²) in [4.78, 5) is 34.5. The molecular formula is C13H18N2O4. The van der Waals surface area contributed by atoms with E-state index in [0.29, 0.717) is 25.7 Å². The molecule has 6 heteroatoms. The van der Waals surface area contributed by atoms with Gasteiger partial charge in [0.2, 0.25) is 11.8 Å². The van der Waals surface area contributed by atoms with E-state index in [1.54, 1.807) is 0 Å². The summed E-state index contributed by atoms with van der Waals surface area (Å²) in [7, 11) is 0. The van der Waals surface area contributed by atoms with E-state index in [1.807, 2.05) is 0 Å². The fraction of sp³-hybridized carbons (Fsp3) is 0.769. The molecule has 0 saturated heterocycles. The van der Waals surface area contributed by atoms with Crippen LogP contribution in [0.4, 0.5) is 0 Å². The Kier molecular flexibility index (Phi) is 2.43. The Morgan fingerprint density at radius 3 is 2.47 bits per heavy atom. The summed E-state index contributed by atoms with van der Waals surface area (Å²) < 4.78 is 5.17. The van der Waals surface area contributed by atoms with Crippen LogP contribution in [0.1, 0.15) is 32.1 Å². The summed E-state index contributed by atoms with van der Waals surface area (Å²) in [5.74, 6) is -0.526. The van der Waals surface area contributed by atoms with Gasteiger partial charge < -0.3 is 16.2 Å². The highest BCUT2D eigenvalue weighted by molar-refractivity contribution is 5.87. The Balaban J connectivity index is 2.06. The summed E-state index contributed by atoms with van der Waals surface area (Å²) in [5, 5.41) is 0. The van der Waals surface area contributed by atoms with Crippen molar-refractivity contribution in [2.75, 3.05) is 0 Å². The molecule has 0 aromatic carbocycles. The number of carbonyl (C=O) groups excluding carboxylic acids is 3. The molecule has 0 spiro atoms. The maximum absolute atomic E-state index is 12.0. The van der Waals surface area contributed by atoms with E-state index in [-0.39, 0.29) is 17.7 Å². The van der Waals surface area contributed by atoms with Gasteiger partial charge in [0.15, 0.2) is 0 Å². The molecule has 104 valence electrons. The van der Waals surface area contributed by atoms with Gasteiger partial charge in [0.25, 0.3) is 6.47 Å². The first kappa shape index (κ1) is 12.4. The lowest BCUT2D eigenvalue weighted by molar-refractivity contribution is -0.204. The van der Waals surface area contributed by atoms with Gasteiger partial charge in [-0.2, -0.15) is 0 Å². The van der Waals surface area contributed by atoms with Crippen molar-refractivity contribution in [1.29, 1.82) is 0 Å². The van der Waals surface area contributed by atoms with Gasteiger partial charge in [-0.15, -0.1) is 0 Å². The van der Waals surface area contributed by atoms with Crippen LogP contribution in [0.25, 0.3) is 0 Å². The highest BCUT2D eigenvalue weighted by atomic mass is 16.5. The molecule has 0 aromatic heterocycles. The van der Waals surface area contributed by atoms with Crippen LogP contribution in [0.5, 0.6) is 0 Å². The fourth-order valence-electron chi connectivity index (χ4n) is 5.04. The van der Waals surface area contributed by atoms with Gasteiger partial charge in [0, 0.05) is 0 Å². The molecule has 4 aliphatic carbocycles. The lowest BCUT2D eigenvalue weighted by Gasteiger charge is -2.62. The number of amides is 2. The lowest BCUT2D eigenvalue weighted by Crippen LogP contribution is -2.67. The predicted molar refractivity (Wildman–Crippen MR) is 64.3 cm³/mol. The van der Waals surface area contributed by atoms with Crippen LogP contribution in [0.2, 0.25) is 0 Å². The first-order valence-electron chi connectivity index (χ1n) is 6.62. The van der Waals surface area contributed by atoms with E-state index >= 15 is 0 Å². The summed E-state index contributed by atoms with van der Waals surface area (Å²) >= 11 is 0. The van der Waals surface area contributed by atoms with E-state index in [0.717, 1.165) is 12.8 Å². The molecule has 6 nitrogen and oxygen atoms in total. The Labute approximate surface area is 110 Å². The third-order valence-corrected chi connectivity index (χ3v) is 5.46. The Hall–Kier alpha value is -1.59. The Morgan fingerprint density at radius 2 is 1.89 bits per heavy atom. The summed E-state index contributed by atoms with van der Waals surface area (Å²) in [6.07, 6.45) is 2.66. The number of carbonyl (C=O) groups is 3. The quantitative estimate of drug-likeness (QED) is 0.680. The van der Waals surface area contributed by atoms with Crippen molar-refractivity contribution in [3.05, 3.63) is 0 Å². The van der Waals surface area contributed by atoms with Crippen molar-refractivity contribution in [2.45, 2.75) is 38.2 Å². The van der Waals surface area contributed by atoms with Gasteiger partial charge in [-0.25, -0.2) is 0 Å². The van der Waals surface area contributed by atoms with E-state index in [1.165, 1.54) is 0 Å². The van der Waals surface area contributed by atoms with Crippen molar-refractivity contribution in [3.63, 3.8) is 0 Å². The molecule has 0 radical (unpaired) electrons. The molecule has 2 amide bonds. The molecule has 4 rings (SSSR count). The minimum absolute atomic E-state index is 0.0199. The molecular weight excluding hydrogens is 248 g/mol. The van der Waals surface area contributed by atoms with Crippen LogP contribution in [0.3, 0.4) is 0 Å². The number of hydrogen-bond acceptors (Lipinski definition) is 4. The number of hydrogen-bond donors (Lipinski definition) is 2. The van der Waals surface area contributed by atoms with Crippen LogP contribution in [-0.2, 0) is 19.1 Å². The minimum atomic E-state index is -0.903. The molecule has 5 unspecified atom stereocenters. The SMILES string of the molecule is NC(=O)C12CC3CC(C1)C(OC=O)C(C(N)=O)(C3)C2. The molecule has 4 fully saturated rings. The molecule has 4 bridgehead atoms. The fourth-order valence-corrected chi connectivity index (χ4v) is 5.04. The Bertz CT molecular complexity index is 466. The first-order valence-corrected chi connectivity index (χ1v) is 6.62. The average Bonchev–Trinajstić information content (AvgIpc) is 2.32. The number of nitrogens with two attached hydrogens (primary N) is 2. The third kappa shape index (κ3) is 1.45.